The first-order valence-corrected chi connectivity index (χ1v) is 6.09. The van der Waals surface area contributed by atoms with Crippen LogP contribution in [0, 0.1) is 21.7 Å². The number of rotatable bonds is 3. The van der Waals surface area contributed by atoms with E-state index >= 15 is 0 Å². The smallest absolute Gasteiger partial charge is 0.295 e. The number of likely N-dealkylation sites (N-methyl/N-ethyl adjacent to an activating group) is 1. The number of nitro groups is 1. The summed E-state index contributed by atoms with van der Waals surface area (Å²) in [5.74, 6) is -2.21. The van der Waals surface area contributed by atoms with Gasteiger partial charge in [0.25, 0.3) is 5.69 Å². The van der Waals surface area contributed by atoms with Gasteiger partial charge in [0.1, 0.15) is 0 Å². The van der Waals surface area contributed by atoms with E-state index in [1.54, 1.807) is 11.9 Å². The highest BCUT2D eigenvalue weighted by Gasteiger charge is 2.29. The number of anilines is 1. The van der Waals surface area contributed by atoms with E-state index in [1.165, 1.54) is 0 Å². The molecule has 1 atom stereocenters. The molecule has 5 nitrogen and oxygen atoms in total. The summed E-state index contributed by atoms with van der Waals surface area (Å²) < 4.78 is 27.2. The van der Waals surface area contributed by atoms with Gasteiger partial charge in [-0.25, -0.2) is 8.78 Å². The zero-order chi connectivity index (χ0) is 14.0. The fourth-order valence-corrected chi connectivity index (χ4v) is 2.39. The Bertz CT molecular complexity index is 496. The molecule has 0 radical (unpaired) electrons. The Hall–Kier alpha value is -1.76. The van der Waals surface area contributed by atoms with E-state index in [9.17, 15) is 18.9 Å². The van der Waals surface area contributed by atoms with Crippen LogP contribution < -0.4 is 10.2 Å². The number of hydrogen-bond acceptors (Lipinski definition) is 4. The fourth-order valence-electron chi connectivity index (χ4n) is 2.39. The first kappa shape index (κ1) is 13.7. The van der Waals surface area contributed by atoms with E-state index < -0.39 is 22.2 Å². The predicted molar refractivity (Wildman–Crippen MR) is 67.3 cm³/mol. The predicted octanol–water partition coefficient (Wildman–Crippen LogP) is 2.06. The molecule has 0 aliphatic carbocycles. The molecular formula is C12H15F2N3O2. The molecule has 7 heteroatoms. The summed E-state index contributed by atoms with van der Waals surface area (Å²) >= 11 is 0. The molecule has 1 fully saturated rings. The van der Waals surface area contributed by atoms with Gasteiger partial charge in [0, 0.05) is 25.2 Å². The summed E-state index contributed by atoms with van der Waals surface area (Å²) in [6.45, 7) is 0.914. The second kappa shape index (κ2) is 5.48. The molecule has 0 aromatic heterocycles. The quantitative estimate of drug-likeness (QED) is 0.675. The summed E-state index contributed by atoms with van der Waals surface area (Å²) in [4.78, 5) is 11.8. The zero-order valence-corrected chi connectivity index (χ0v) is 10.5. The molecular weight excluding hydrogens is 256 g/mol. The Morgan fingerprint density at radius 1 is 1.47 bits per heavy atom. The maximum Gasteiger partial charge on any atom is 0.295 e. The number of nitrogens with one attached hydrogen (secondary N) is 1. The molecule has 104 valence electrons. The second-order valence-electron chi connectivity index (χ2n) is 4.56. The van der Waals surface area contributed by atoms with Crippen molar-refractivity contribution in [3.8, 4) is 0 Å². The minimum Gasteiger partial charge on any atom is -0.362 e. The van der Waals surface area contributed by atoms with Crippen LogP contribution in [0.2, 0.25) is 0 Å². The van der Waals surface area contributed by atoms with Gasteiger partial charge in [0.05, 0.1) is 4.92 Å². The van der Waals surface area contributed by atoms with Crippen LogP contribution in [-0.4, -0.2) is 31.1 Å². The lowest BCUT2D eigenvalue weighted by Gasteiger charge is -2.34. The maximum absolute atomic E-state index is 13.9. The van der Waals surface area contributed by atoms with Crippen molar-refractivity contribution in [1.82, 2.24) is 5.32 Å². The third-order valence-electron chi connectivity index (χ3n) is 3.39. The average Bonchev–Trinajstić information content (AvgIpc) is 2.41. The van der Waals surface area contributed by atoms with Gasteiger partial charge >= 0.3 is 0 Å². The molecule has 19 heavy (non-hydrogen) atoms. The molecule has 2 rings (SSSR count). The first-order chi connectivity index (χ1) is 9.04. The first-order valence-electron chi connectivity index (χ1n) is 6.09. The molecule has 0 bridgehead atoms. The van der Waals surface area contributed by atoms with Crippen LogP contribution in [0.4, 0.5) is 20.2 Å². The highest BCUT2D eigenvalue weighted by molar-refractivity contribution is 5.64. The number of benzene rings is 1. The minimum absolute atomic E-state index is 0.121. The Morgan fingerprint density at radius 2 is 2.21 bits per heavy atom. The molecule has 1 aliphatic rings. The lowest BCUT2D eigenvalue weighted by Crippen LogP contribution is -2.45. The summed E-state index contributed by atoms with van der Waals surface area (Å²) in [6, 6.07) is 1.92. The van der Waals surface area contributed by atoms with Crippen molar-refractivity contribution in [2.75, 3.05) is 25.0 Å². The van der Waals surface area contributed by atoms with E-state index in [4.69, 9.17) is 0 Å². The lowest BCUT2D eigenvalue weighted by atomic mass is 10.0. The van der Waals surface area contributed by atoms with Gasteiger partial charge in [-0.2, -0.15) is 0 Å². The summed E-state index contributed by atoms with van der Waals surface area (Å²) in [7, 11) is 1.78. The molecule has 1 saturated heterocycles. The maximum atomic E-state index is 13.9. The second-order valence-corrected chi connectivity index (χ2v) is 4.56. The zero-order valence-electron chi connectivity index (χ0n) is 10.5. The average molecular weight is 271 g/mol. The van der Waals surface area contributed by atoms with Crippen LogP contribution in [0.25, 0.3) is 0 Å². The van der Waals surface area contributed by atoms with Crippen molar-refractivity contribution in [3.63, 3.8) is 0 Å². The Morgan fingerprint density at radius 3 is 2.84 bits per heavy atom. The highest BCUT2D eigenvalue weighted by Crippen LogP contribution is 2.34. The van der Waals surface area contributed by atoms with Crippen LogP contribution >= 0.6 is 0 Å². The van der Waals surface area contributed by atoms with Crippen molar-refractivity contribution >= 4 is 11.4 Å². The topological polar surface area (TPSA) is 58.4 Å². The van der Waals surface area contributed by atoms with Crippen LogP contribution in [0.3, 0.4) is 0 Å². The third kappa shape index (κ3) is 2.65. The molecule has 1 aromatic rings. The summed E-state index contributed by atoms with van der Waals surface area (Å²) in [6.07, 6.45) is 1.69. The molecule has 1 heterocycles. The van der Waals surface area contributed by atoms with Gasteiger partial charge in [-0.3, -0.25) is 10.1 Å². The molecule has 0 spiro atoms. The molecule has 1 aromatic carbocycles. The number of nitrogens with zero attached hydrogens (tertiary/aromatic N) is 2. The Balaban J connectivity index is 2.42. The van der Waals surface area contributed by atoms with Crippen LogP contribution in [0.5, 0.6) is 0 Å². The molecule has 0 amide bonds. The van der Waals surface area contributed by atoms with Crippen molar-refractivity contribution in [2.45, 2.75) is 18.9 Å². The van der Waals surface area contributed by atoms with E-state index in [0.29, 0.717) is 13.1 Å². The monoisotopic (exact) mass is 271 g/mol. The summed E-state index contributed by atoms with van der Waals surface area (Å²) in [5, 5.41) is 14.0. The molecule has 1 aliphatic heterocycles. The van der Waals surface area contributed by atoms with Crippen molar-refractivity contribution < 1.29 is 13.7 Å². The largest absolute Gasteiger partial charge is 0.362 e. The molecule has 1 unspecified atom stereocenters. The standard InChI is InChI=1S/C12H15F2N3O2/c1-15-8-3-2-6-16(7-8)12-10(17(18)19)5-4-9(13)11(12)14/h4-5,8,15H,2-3,6-7H2,1H3. The van der Waals surface area contributed by atoms with Crippen molar-refractivity contribution in [2.24, 2.45) is 0 Å². The van der Waals surface area contributed by atoms with Gasteiger partial charge in [-0.1, -0.05) is 0 Å². The molecule has 1 N–H and O–H groups in total. The van der Waals surface area contributed by atoms with Crippen molar-refractivity contribution in [1.29, 1.82) is 0 Å². The van der Waals surface area contributed by atoms with Gasteiger partial charge in [-0.05, 0) is 26.0 Å². The summed E-state index contributed by atoms with van der Waals surface area (Å²) in [5.41, 5.74) is -0.638. The van der Waals surface area contributed by atoms with Crippen LogP contribution in [-0.2, 0) is 0 Å². The number of halogens is 2. The van der Waals surface area contributed by atoms with E-state index in [1.807, 2.05) is 0 Å². The van der Waals surface area contributed by atoms with E-state index in [2.05, 4.69) is 5.32 Å². The third-order valence-corrected chi connectivity index (χ3v) is 3.39. The number of piperidine rings is 1. The highest BCUT2D eigenvalue weighted by atomic mass is 19.2. The van der Waals surface area contributed by atoms with Gasteiger partial charge in [0.2, 0.25) is 0 Å². The van der Waals surface area contributed by atoms with Gasteiger partial charge < -0.3 is 10.2 Å². The van der Waals surface area contributed by atoms with Gasteiger partial charge in [-0.15, -0.1) is 0 Å². The fraction of sp³-hybridized carbons (Fsp3) is 0.500. The lowest BCUT2D eigenvalue weighted by molar-refractivity contribution is -0.384. The van der Waals surface area contributed by atoms with E-state index in [0.717, 1.165) is 25.0 Å². The Kier molecular flexibility index (Phi) is 3.94. The normalized spacial score (nSPS) is 19.5. The van der Waals surface area contributed by atoms with Crippen LogP contribution in [0.15, 0.2) is 12.1 Å². The number of nitro benzene ring substituents is 1. The van der Waals surface area contributed by atoms with Crippen LogP contribution in [0.1, 0.15) is 12.8 Å². The van der Waals surface area contributed by atoms with Gasteiger partial charge in [0.15, 0.2) is 17.3 Å². The number of hydrogen-bond donors (Lipinski definition) is 1. The van der Waals surface area contributed by atoms with Crippen molar-refractivity contribution in [3.05, 3.63) is 33.9 Å². The Labute approximate surface area is 109 Å². The minimum atomic E-state index is -1.15. The molecule has 0 saturated carbocycles. The SMILES string of the molecule is CNC1CCCN(c2c([N+](=O)[O-])ccc(F)c2F)C1. The van der Waals surface area contributed by atoms with E-state index in [-0.39, 0.29) is 11.7 Å².